The first kappa shape index (κ1) is 21.8. The summed E-state index contributed by atoms with van der Waals surface area (Å²) in [6.07, 6.45) is 1.33. The monoisotopic (exact) mass is 463 g/mol. The van der Waals surface area contributed by atoms with Crippen LogP contribution in [0.2, 0.25) is 10.0 Å². The lowest BCUT2D eigenvalue weighted by Gasteiger charge is -2.10. The van der Waals surface area contributed by atoms with Crippen molar-refractivity contribution < 1.29 is 8.42 Å². The standard InChI is InChI=1S/C22H19Cl2NO2S2/c1-15-2-4-16(5-3-15)12-19(28)13-17-6-9-20(10-7-17)29(26,27)25-18-8-11-21(23)22(24)14-18/h2-11,14,25H,12-13H2,1H3. The van der Waals surface area contributed by atoms with Gasteiger partial charge in [-0.3, -0.25) is 4.72 Å². The first-order valence-corrected chi connectivity index (χ1v) is 11.5. The Hall–Kier alpha value is -1.92. The summed E-state index contributed by atoms with van der Waals surface area (Å²) in [5.41, 5.74) is 3.70. The molecule has 0 aliphatic carbocycles. The average molecular weight is 464 g/mol. The first-order valence-electron chi connectivity index (χ1n) is 8.87. The van der Waals surface area contributed by atoms with Gasteiger partial charge < -0.3 is 0 Å². The third-order valence-corrected chi connectivity index (χ3v) is 6.75. The number of benzene rings is 3. The number of halogens is 2. The van der Waals surface area contributed by atoms with Crippen LogP contribution < -0.4 is 4.72 Å². The molecule has 0 heterocycles. The molecule has 3 aromatic carbocycles. The Morgan fingerprint density at radius 3 is 1.97 bits per heavy atom. The van der Waals surface area contributed by atoms with Crippen LogP contribution in [0.25, 0.3) is 0 Å². The minimum Gasteiger partial charge on any atom is -0.280 e. The zero-order valence-electron chi connectivity index (χ0n) is 15.7. The van der Waals surface area contributed by atoms with Crippen molar-refractivity contribution in [3.63, 3.8) is 0 Å². The number of hydrogen-bond donors (Lipinski definition) is 1. The van der Waals surface area contributed by atoms with Crippen LogP contribution in [0.4, 0.5) is 5.69 Å². The molecule has 0 aromatic heterocycles. The van der Waals surface area contributed by atoms with Crippen molar-refractivity contribution in [1.29, 1.82) is 0 Å². The molecule has 0 radical (unpaired) electrons. The molecule has 0 bridgehead atoms. The Balaban J connectivity index is 1.66. The van der Waals surface area contributed by atoms with Gasteiger partial charge in [0, 0.05) is 17.7 Å². The predicted octanol–water partition coefficient (Wildman–Crippen LogP) is 6.26. The zero-order chi connectivity index (χ0) is 21.0. The second kappa shape index (κ2) is 9.26. The van der Waals surface area contributed by atoms with E-state index in [-0.39, 0.29) is 9.92 Å². The second-order valence-corrected chi connectivity index (χ2v) is 9.83. The van der Waals surface area contributed by atoms with Crippen LogP contribution in [0, 0.1) is 6.92 Å². The number of thiocarbonyl (C=S) groups is 1. The van der Waals surface area contributed by atoms with E-state index in [9.17, 15) is 8.42 Å². The first-order chi connectivity index (χ1) is 13.7. The molecule has 150 valence electrons. The summed E-state index contributed by atoms with van der Waals surface area (Å²) >= 11 is 17.3. The van der Waals surface area contributed by atoms with Gasteiger partial charge in [-0.2, -0.15) is 0 Å². The lowest BCUT2D eigenvalue weighted by Crippen LogP contribution is -2.13. The van der Waals surface area contributed by atoms with Crippen LogP contribution in [0.1, 0.15) is 16.7 Å². The maximum atomic E-state index is 12.6. The molecule has 3 nitrogen and oxygen atoms in total. The minimum atomic E-state index is -3.73. The van der Waals surface area contributed by atoms with Crippen molar-refractivity contribution in [1.82, 2.24) is 0 Å². The van der Waals surface area contributed by atoms with Gasteiger partial charge in [0.2, 0.25) is 0 Å². The number of nitrogens with one attached hydrogen (secondary N) is 1. The van der Waals surface area contributed by atoms with E-state index in [0.29, 0.717) is 23.6 Å². The van der Waals surface area contributed by atoms with Crippen molar-refractivity contribution in [2.24, 2.45) is 0 Å². The molecule has 7 heteroatoms. The van der Waals surface area contributed by atoms with Gasteiger partial charge in [-0.05, 0) is 48.4 Å². The van der Waals surface area contributed by atoms with Crippen LogP contribution in [0.15, 0.2) is 71.6 Å². The van der Waals surface area contributed by atoms with Gasteiger partial charge >= 0.3 is 0 Å². The fourth-order valence-corrected chi connectivity index (χ4v) is 4.46. The Labute approximate surface area is 186 Å². The number of anilines is 1. The number of rotatable bonds is 7. The fourth-order valence-electron chi connectivity index (χ4n) is 2.78. The molecule has 0 saturated heterocycles. The van der Waals surface area contributed by atoms with E-state index >= 15 is 0 Å². The highest BCUT2D eigenvalue weighted by Gasteiger charge is 2.15. The predicted molar refractivity (Wildman–Crippen MR) is 125 cm³/mol. The zero-order valence-corrected chi connectivity index (χ0v) is 18.8. The normalized spacial score (nSPS) is 11.3. The fraction of sp³-hybridized carbons (Fsp3) is 0.136. The van der Waals surface area contributed by atoms with Crippen LogP contribution in [-0.2, 0) is 22.9 Å². The van der Waals surface area contributed by atoms with Gasteiger partial charge in [-0.1, -0.05) is 77.4 Å². The number of hydrogen-bond acceptors (Lipinski definition) is 3. The van der Waals surface area contributed by atoms with Gasteiger partial charge in [0.25, 0.3) is 10.0 Å². The molecule has 0 aliphatic heterocycles. The van der Waals surface area contributed by atoms with E-state index < -0.39 is 10.0 Å². The van der Waals surface area contributed by atoms with Crippen molar-refractivity contribution in [3.8, 4) is 0 Å². The smallest absolute Gasteiger partial charge is 0.261 e. The lowest BCUT2D eigenvalue weighted by atomic mass is 10.0. The molecule has 1 N–H and O–H groups in total. The molecule has 0 amide bonds. The summed E-state index contributed by atoms with van der Waals surface area (Å²) in [5, 5.41) is 0.643. The van der Waals surface area contributed by atoms with E-state index in [1.165, 1.54) is 17.2 Å². The van der Waals surface area contributed by atoms with Crippen LogP contribution >= 0.6 is 35.4 Å². The Bertz CT molecular complexity index is 1130. The highest BCUT2D eigenvalue weighted by molar-refractivity contribution is 7.92. The summed E-state index contributed by atoms with van der Waals surface area (Å²) in [6.45, 7) is 2.05. The number of aryl methyl sites for hydroxylation is 1. The molecule has 29 heavy (non-hydrogen) atoms. The molecule has 3 rings (SSSR count). The SMILES string of the molecule is Cc1ccc(CC(=S)Cc2ccc(S(=O)(=O)Nc3ccc(Cl)c(Cl)c3)cc2)cc1. The summed E-state index contributed by atoms with van der Waals surface area (Å²) in [4.78, 5) is 1.06. The lowest BCUT2D eigenvalue weighted by molar-refractivity contribution is 0.601. The van der Waals surface area contributed by atoms with Crippen molar-refractivity contribution in [2.45, 2.75) is 24.7 Å². The molecule has 0 aliphatic rings. The average Bonchev–Trinajstić information content (AvgIpc) is 2.67. The van der Waals surface area contributed by atoms with Crippen LogP contribution in [0.5, 0.6) is 0 Å². The summed E-state index contributed by atoms with van der Waals surface area (Å²) in [5.74, 6) is 0. The Morgan fingerprint density at radius 1 is 0.862 bits per heavy atom. The largest absolute Gasteiger partial charge is 0.280 e. The third-order valence-electron chi connectivity index (χ3n) is 4.33. The maximum Gasteiger partial charge on any atom is 0.261 e. The topological polar surface area (TPSA) is 46.2 Å². The maximum absolute atomic E-state index is 12.6. The molecule has 3 aromatic rings. The molecule has 0 unspecified atom stereocenters. The van der Waals surface area contributed by atoms with Gasteiger partial charge in [-0.25, -0.2) is 8.42 Å². The quantitative estimate of drug-likeness (QED) is 0.420. The van der Waals surface area contributed by atoms with Crippen molar-refractivity contribution >= 4 is 56.0 Å². The minimum absolute atomic E-state index is 0.164. The van der Waals surface area contributed by atoms with E-state index in [0.717, 1.165) is 10.4 Å². The Kier molecular flexibility index (Phi) is 6.96. The molecule has 0 saturated carbocycles. The summed E-state index contributed by atoms with van der Waals surface area (Å²) in [7, 11) is -3.73. The van der Waals surface area contributed by atoms with Crippen molar-refractivity contribution in [3.05, 3.63) is 93.5 Å². The third kappa shape index (κ3) is 6.03. The van der Waals surface area contributed by atoms with E-state index in [2.05, 4.69) is 29.0 Å². The van der Waals surface area contributed by atoms with E-state index in [1.807, 2.05) is 6.92 Å². The molecule has 0 fully saturated rings. The van der Waals surface area contributed by atoms with E-state index in [1.54, 1.807) is 36.4 Å². The molecular weight excluding hydrogens is 445 g/mol. The van der Waals surface area contributed by atoms with E-state index in [4.69, 9.17) is 35.4 Å². The molecule has 0 spiro atoms. The van der Waals surface area contributed by atoms with Crippen LogP contribution in [-0.4, -0.2) is 13.3 Å². The van der Waals surface area contributed by atoms with Gasteiger partial charge in [0.05, 0.1) is 20.6 Å². The molecular formula is C22H19Cl2NO2S2. The Morgan fingerprint density at radius 2 is 1.41 bits per heavy atom. The van der Waals surface area contributed by atoms with Crippen molar-refractivity contribution in [2.75, 3.05) is 4.72 Å². The van der Waals surface area contributed by atoms with Gasteiger partial charge in [0.15, 0.2) is 0 Å². The number of sulfonamides is 1. The highest BCUT2D eigenvalue weighted by atomic mass is 35.5. The molecule has 0 atom stereocenters. The highest BCUT2D eigenvalue weighted by Crippen LogP contribution is 2.26. The van der Waals surface area contributed by atoms with Gasteiger partial charge in [-0.15, -0.1) is 0 Å². The summed E-state index contributed by atoms with van der Waals surface area (Å²) in [6, 6.07) is 19.6. The van der Waals surface area contributed by atoms with Crippen LogP contribution in [0.3, 0.4) is 0 Å². The second-order valence-electron chi connectivity index (χ2n) is 6.76. The van der Waals surface area contributed by atoms with Gasteiger partial charge in [0.1, 0.15) is 0 Å². The summed E-state index contributed by atoms with van der Waals surface area (Å²) < 4.78 is 27.7.